The first-order valence-corrected chi connectivity index (χ1v) is 20.7. The molecule has 0 saturated heterocycles. The molecule has 0 radical (unpaired) electrons. The van der Waals surface area contributed by atoms with Gasteiger partial charge in [0.05, 0.1) is 22.4 Å². The summed E-state index contributed by atoms with van der Waals surface area (Å²) in [6.07, 6.45) is 0. The van der Waals surface area contributed by atoms with Gasteiger partial charge in [-0.2, -0.15) is 0 Å². The minimum atomic E-state index is 0.0623. The van der Waals surface area contributed by atoms with Gasteiger partial charge in [-0.15, -0.1) is 0 Å². The van der Waals surface area contributed by atoms with E-state index in [4.69, 9.17) is 0 Å². The van der Waals surface area contributed by atoms with E-state index in [1.54, 1.807) is 0 Å². The Morgan fingerprint density at radius 2 is 0.776 bits per heavy atom. The van der Waals surface area contributed by atoms with E-state index < -0.39 is 0 Å². The maximum absolute atomic E-state index is 2.62. The Hall–Kier alpha value is -6.72. The van der Waals surface area contributed by atoms with Crippen molar-refractivity contribution in [1.29, 1.82) is 0 Å². The van der Waals surface area contributed by atoms with Crippen LogP contribution in [0.2, 0.25) is 0 Å². The van der Waals surface area contributed by atoms with E-state index in [-0.39, 0.29) is 6.71 Å². The molecule has 0 fully saturated rings. The predicted octanol–water partition coefficient (Wildman–Crippen LogP) is 12.2. The average Bonchev–Trinajstić information content (AvgIpc) is 3.86. The second kappa shape index (κ2) is 13.2. The molecule has 58 heavy (non-hydrogen) atoms. The van der Waals surface area contributed by atoms with Gasteiger partial charge in [0.1, 0.15) is 0 Å². The molecule has 7 aromatic carbocycles. The molecule has 0 unspecified atom stereocenters. The fourth-order valence-corrected chi connectivity index (χ4v) is 9.99. The zero-order valence-electron chi connectivity index (χ0n) is 33.7. The minimum absolute atomic E-state index is 0.0623. The van der Waals surface area contributed by atoms with Gasteiger partial charge < -0.3 is 18.9 Å². The molecular weight excluding hydrogens is 703 g/mol. The smallest absolute Gasteiger partial charge is 0.252 e. The van der Waals surface area contributed by atoms with E-state index in [0.717, 1.165) is 22.7 Å². The molecule has 0 amide bonds. The number of benzene rings is 7. The van der Waals surface area contributed by atoms with Gasteiger partial charge in [-0.3, -0.25) is 0 Å². The van der Waals surface area contributed by atoms with Crippen molar-refractivity contribution in [2.45, 2.75) is 46.5 Å². The van der Waals surface area contributed by atoms with Crippen LogP contribution in [-0.2, 0) is 0 Å². The lowest BCUT2D eigenvalue weighted by molar-refractivity contribution is 0.790. The lowest BCUT2D eigenvalue weighted by atomic mass is 9.34. The zero-order chi connectivity index (χ0) is 39.2. The molecule has 0 bridgehead atoms. The molecule has 2 aromatic heterocycles. The molecule has 11 rings (SSSR count). The Morgan fingerprint density at radius 3 is 1.10 bits per heavy atom. The van der Waals surface area contributed by atoms with E-state index in [9.17, 15) is 0 Å². The Balaban J connectivity index is 1.23. The van der Waals surface area contributed by atoms with Crippen LogP contribution in [0.25, 0.3) is 33.2 Å². The number of aromatic nitrogens is 2. The summed E-state index contributed by atoms with van der Waals surface area (Å²) in [6, 6.07) is 62.8. The Bertz CT molecular complexity index is 2740. The number of aryl methyl sites for hydroxylation is 1. The van der Waals surface area contributed by atoms with Crippen LogP contribution >= 0.6 is 0 Å². The van der Waals surface area contributed by atoms with Crippen molar-refractivity contribution in [3.63, 3.8) is 0 Å². The molecule has 0 aliphatic carbocycles. The molecule has 4 heterocycles. The Kier molecular flexibility index (Phi) is 7.84. The van der Waals surface area contributed by atoms with E-state index >= 15 is 0 Å². The quantitative estimate of drug-likeness (QED) is 0.144. The summed E-state index contributed by atoms with van der Waals surface area (Å²) in [5.41, 5.74) is 20.2. The van der Waals surface area contributed by atoms with Gasteiger partial charge in [-0.05, 0) is 126 Å². The predicted molar refractivity (Wildman–Crippen MR) is 247 cm³/mol. The highest BCUT2D eigenvalue weighted by molar-refractivity contribution is 7.00. The van der Waals surface area contributed by atoms with Crippen LogP contribution in [0.3, 0.4) is 0 Å². The second-order valence-corrected chi connectivity index (χ2v) is 16.7. The van der Waals surface area contributed by atoms with E-state index in [1.165, 1.54) is 77.9 Å². The number of nitrogens with zero attached hydrogens (tertiary/aromatic N) is 4. The van der Waals surface area contributed by atoms with Gasteiger partial charge in [-0.25, -0.2) is 0 Å². The molecule has 4 nitrogen and oxygen atoms in total. The number of hydrogen-bond acceptors (Lipinski definition) is 2. The van der Waals surface area contributed by atoms with Crippen LogP contribution in [0.1, 0.15) is 56.5 Å². The maximum atomic E-state index is 2.62. The van der Waals surface area contributed by atoms with Crippen LogP contribution < -0.4 is 26.2 Å². The third-order valence-electron chi connectivity index (χ3n) is 12.4. The monoisotopic (exact) mass is 748 g/mol. The Labute approximate surface area is 341 Å². The lowest BCUT2D eigenvalue weighted by Crippen LogP contribution is -2.59. The molecule has 280 valence electrons. The fraction of sp³-hybridized carbons (Fsp3) is 0.132. The molecule has 2 aliphatic rings. The minimum Gasteiger partial charge on any atom is -0.314 e. The number of anilines is 6. The zero-order valence-corrected chi connectivity index (χ0v) is 33.7. The number of para-hydroxylation sites is 4. The van der Waals surface area contributed by atoms with Gasteiger partial charge in [0.25, 0.3) is 6.71 Å². The van der Waals surface area contributed by atoms with Gasteiger partial charge in [0.15, 0.2) is 0 Å². The first-order valence-electron chi connectivity index (χ1n) is 20.7. The Morgan fingerprint density at radius 1 is 0.431 bits per heavy atom. The first-order chi connectivity index (χ1) is 28.4. The summed E-state index contributed by atoms with van der Waals surface area (Å²) >= 11 is 0. The van der Waals surface area contributed by atoms with Crippen molar-refractivity contribution in [1.82, 2.24) is 9.13 Å². The molecule has 0 saturated carbocycles. The lowest BCUT2D eigenvalue weighted by Gasteiger charge is -2.36. The fourth-order valence-electron chi connectivity index (χ4n) is 9.99. The van der Waals surface area contributed by atoms with Crippen LogP contribution in [0.5, 0.6) is 0 Å². The normalized spacial score (nSPS) is 12.5. The van der Waals surface area contributed by atoms with Crippen molar-refractivity contribution in [2.24, 2.45) is 0 Å². The SMILES string of the molecule is Cc1cc2c3c(c1)-n1c(C(C)C)cc4c(N(c5ccccc5)c5ccccc5)ccc(c41)B3c1ccc(N(c3ccccc3)c3ccccc3)c3cc(C(C)C)n-2c13. The van der Waals surface area contributed by atoms with Crippen LogP contribution in [-0.4, -0.2) is 15.8 Å². The first kappa shape index (κ1) is 34.5. The highest BCUT2D eigenvalue weighted by Crippen LogP contribution is 2.46. The number of fused-ring (bicyclic) bond motifs is 4. The van der Waals surface area contributed by atoms with Gasteiger partial charge >= 0.3 is 0 Å². The summed E-state index contributed by atoms with van der Waals surface area (Å²) < 4.78 is 5.24. The number of hydrogen-bond donors (Lipinski definition) is 0. The van der Waals surface area contributed by atoms with Gasteiger partial charge in [0.2, 0.25) is 0 Å². The summed E-state index contributed by atoms with van der Waals surface area (Å²) in [5.74, 6) is 0.625. The van der Waals surface area contributed by atoms with Gasteiger partial charge in [-0.1, -0.05) is 113 Å². The van der Waals surface area contributed by atoms with Crippen molar-refractivity contribution in [2.75, 3.05) is 9.80 Å². The van der Waals surface area contributed by atoms with Crippen molar-refractivity contribution >= 4 is 79.0 Å². The molecular formula is C53H45BN4. The molecule has 9 aromatic rings. The molecule has 0 atom stereocenters. The second-order valence-electron chi connectivity index (χ2n) is 16.7. The molecule has 0 spiro atoms. The topological polar surface area (TPSA) is 16.3 Å². The summed E-state index contributed by atoms with van der Waals surface area (Å²) in [4.78, 5) is 4.86. The summed E-state index contributed by atoms with van der Waals surface area (Å²) in [5, 5.41) is 2.55. The molecule has 0 N–H and O–H groups in total. The van der Waals surface area contributed by atoms with Crippen molar-refractivity contribution in [3.8, 4) is 11.4 Å². The van der Waals surface area contributed by atoms with Gasteiger partial charge in [0, 0.05) is 56.3 Å². The third-order valence-corrected chi connectivity index (χ3v) is 12.4. The maximum Gasteiger partial charge on any atom is 0.252 e. The summed E-state index contributed by atoms with van der Waals surface area (Å²) in [6.45, 7) is 11.7. The molecule has 2 aliphatic heterocycles. The average molecular weight is 749 g/mol. The third kappa shape index (κ3) is 5.02. The highest BCUT2D eigenvalue weighted by Gasteiger charge is 2.42. The van der Waals surface area contributed by atoms with E-state index in [2.05, 4.69) is 223 Å². The van der Waals surface area contributed by atoms with Crippen LogP contribution in [0.15, 0.2) is 170 Å². The molecule has 5 heteroatoms. The van der Waals surface area contributed by atoms with E-state index in [0.29, 0.717) is 11.8 Å². The van der Waals surface area contributed by atoms with Crippen LogP contribution in [0, 0.1) is 6.92 Å². The largest absolute Gasteiger partial charge is 0.314 e. The summed E-state index contributed by atoms with van der Waals surface area (Å²) in [7, 11) is 0. The highest BCUT2D eigenvalue weighted by atomic mass is 15.2. The van der Waals surface area contributed by atoms with Crippen molar-refractivity contribution in [3.05, 3.63) is 187 Å². The van der Waals surface area contributed by atoms with Crippen molar-refractivity contribution < 1.29 is 0 Å². The number of rotatable bonds is 8. The standard InChI is InChI=1S/C53H45BN4/c1-34(2)47-32-41-45(55(37-18-10-6-11-19-37)38-20-12-7-13-21-38)28-26-43-52(41)57(47)49-30-36(5)31-50-51(49)54(43)44-27-29-46(42-33-48(35(3)4)58(50)53(42)44)56(39-22-14-8-15-23-39)40-24-16-9-17-25-40/h6-35H,1-5H3. The van der Waals surface area contributed by atoms with Crippen LogP contribution in [0.4, 0.5) is 34.1 Å². The van der Waals surface area contributed by atoms with E-state index in [1.807, 2.05) is 0 Å².